The number of rotatable bonds is 7. The molecule has 0 spiro atoms. The minimum absolute atomic E-state index is 0.0151. The van der Waals surface area contributed by atoms with Crippen LogP contribution in [0.15, 0.2) is 29.3 Å². The van der Waals surface area contributed by atoms with Crippen LogP contribution >= 0.6 is 0 Å². The van der Waals surface area contributed by atoms with Gasteiger partial charge in [-0.2, -0.15) is 22.7 Å². The van der Waals surface area contributed by atoms with Gasteiger partial charge in [-0.3, -0.25) is 14.4 Å². The van der Waals surface area contributed by atoms with Crippen LogP contribution in [0.25, 0.3) is 11.4 Å². The first-order valence-electron chi connectivity index (χ1n) is 15.6. The van der Waals surface area contributed by atoms with E-state index in [-0.39, 0.29) is 72.7 Å². The van der Waals surface area contributed by atoms with E-state index < -0.39 is 29.2 Å². The number of fused-ring (bicyclic) bond motifs is 1. The standard InChI is InChI=1S/C31H33F3N10O5/c1-4-21-25(41-9-11-42(12-10-41)28(47)24-26(46)18(3)35-16-36-24)29(48)44-30(39-27(40-44)19-7-13-49-14-8-19)43(21)15-23(45)38-20-5-6-22(31(32,33)34)37-17(20)2/h5-7,16,46H,4,8-15H2,1-3H3,(H,38,45). The molecule has 15 nitrogen and oxygen atoms in total. The minimum atomic E-state index is -4.64. The summed E-state index contributed by atoms with van der Waals surface area (Å²) in [6.07, 6.45) is -0.771. The van der Waals surface area contributed by atoms with Crippen LogP contribution in [0.3, 0.4) is 0 Å². The van der Waals surface area contributed by atoms with E-state index in [1.54, 1.807) is 11.5 Å². The van der Waals surface area contributed by atoms with Gasteiger partial charge in [0.2, 0.25) is 11.7 Å². The summed E-state index contributed by atoms with van der Waals surface area (Å²) in [6.45, 7) is 6.13. The molecule has 0 aromatic carbocycles. The Morgan fingerprint density at radius 3 is 2.47 bits per heavy atom. The molecule has 4 aromatic rings. The minimum Gasteiger partial charge on any atom is -0.504 e. The fourth-order valence-electron chi connectivity index (χ4n) is 5.89. The van der Waals surface area contributed by atoms with E-state index in [0.717, 1.165) is 22.2 Å². The van der Waals surface area contributed by atoms with Crippen molar-refractivity contribution in [2.24, 2.45) is 0 Å². The average molecular weight is 683 g/mol. The molecule has 0 bridgehead atoms. The Bertz CT molecular complexity index is 2030. The van der Waals surface area contributed by atoms with E-state index in [1.165, 1.54) is 18.2 Å². The number of nitrogens with one attached hydrogen (secondary N) is 1. The predicted molar refractivity (Wildman–Crippen MR) is 169 cm³/mol. The number of nitrogens with zero attached hydrogens (tertiary/aromatic N) is 9. The van der Waals surface area contributed by atoms with Crippen molar-refractivity contribution in [3.05, 3.63) is 69.2 Å². The van der Waals surface area contributed by atoms with E-state index in [1.807, 2.05) is 17.9 Å². The van der Waals surface area contributed by atoms with E-state index >= 15 is 0 Å². The number of amides is 2. The molecule has 4 aromatic heterocycles. The van der Waals surface area contributed by atoms with Crippen molar-refractivity contribution in [2.45, 2.75) is 46.3 Å². The number of carbonyl (C=O) groups excluding carboxylic acids is 2. The highest BCUT2D eigenvalue weighted by atomic mass is 19.4. The Hall–Kier alpha value is -5.39. The van der Waals surface area contributed by atoms with E-state index in [0.29, 0.717) is 37.6 Å². The summed E-state index contributed by atoms with van der Waals surface area (Å²) >= 11 is 0. The van der Waals surface area contributed by atoms with Gasteiger partial charge in [0, 0.05) is 26.2 Å². The zero-order valence-electron chi connectivity index (χ0n) is 26.9. The molecule has 0 atom stereocenters. The van der Waals surface area contributed by atoms with Crippen LogP contribution in [-0.4, -0.2) is 95.3 Å². The van der Waals surface area contributed by atoms with Gasteiger partial charge in [-0.05, 0) is 44.4 Å². The number of pyridine rings is 1. The molecule has 1 saturated heterocycles. The van der Waals surface area contributed by atoms with Gasteiger partial charge in [-0.15, -0.1) is 5.10 Å². The highest BCUT2D eigenvalue weighted by Gasteiger charge is 2.33. The molecular weight excluding hydrogens is 649 g/mol. The molecule has 258 valence electrons. The van der Waals surface area contributed by atoms with Gasteiger partial charge in [0.25, 0.3) is 11.5 Å². The summed E-state index contributed by atoms with van der Waals surface area (Å²) in [6, 6.07) is 1.94. The zero-order chi connectivity index (χ0) is 35.0. The van der Waals surface area contributed by atoms with Crippen LogP contribution in [0.4, 0.5) is 24.5 Å². The van der Waals surface area contributed by atoms with Crippen molar-refractivity contribution in [3.8, 4) is 5.75 Å². The van der Waals surface area contributed by atoms with Crippen LogP contribution in [0, 0.1) is 13.8 Å². The number of anilines is 2. The van der Waals surface area contributed by atoms with Gasteiger partial charge in [0.1, 0.15) is 24.3 Å². The Balaban J connectivity index is 1.35. The molecule has 2 aliphatic heterocycles. The number of piperazine rings is 1. The molecule has 6 heterocycles. The number of halogens is 3. The molecule has 18 heteroatoms. The zero-order valence-corrected chi connectivity index (χ0v) is 26.9. The van der Waals surface area contributed by atoms with Crippen LogP contribution < -0.4 is 15.8 Å². The number of hydrogen-bond acceptors (Lipinski definition) is 11. The van der Waals surface area contributed by atoms with Crippen molar-refractivity contribution < 1.29 is 32.6 Å². The van der Waals surface area contributed by atoms with Crippen LogP contribution in [-0.2, 0) is 28.7 Å². The molecule has 0 aliphatic carbocycles. The summed E-state index contributed by atoms with van der Waals surface area (Å²) in [5, 5.41) is 17.5. The van der Waals surface area contributed by atoms with Gasteiger partial charge in [0.05, 0.1) is 36.0 Å². The Morgan fingerprint density at radius 2 is 1.82 bits per heavy atom. The molecule has 2 amide bonds. The van der Waals surface area contributed by atoms with Crippen molar-refractivity contribution in [1.29, 1.82) is 0 Å². The number of alkyl halides is 3. The highest BCUT2D eigenvalue weighted by Crippen LogP contribution is 2.30. The molecule has 6 rings (SSSR count). The first-order chi connectivity index (χ1) is 23.4. The van der Waals surface area contributed by atoms with Gasteiger partial charge >= 0.3 is 6.18 Å². The van der Waals surface area contributed by atoms with Crippen molar-refractivity contribution in [1.82, 2.24) is 39.0 Å². The Labute approximate surface area is 277 Å². The maximum atomic E-state index is 14.1. The molecule has 0 unspecified atom stereocenters. The third-order valence-electron chi connectivity index (χ3n) is 8.45. The normalized spacial score (nSPS) is 15.4. The topological polar surface area (TPSA) is 173 Å². The maximum absolute atomic E-state index is 14.1. The summed E-state index contributed by atoms with van der Waals surface area (Å²) in [5.74, 6) is -0.915. The van der Waals surface area contributed by atoms with Crippen LogP contribution in [0.1, 0.15) is 52.4 Å². The predicted octanol–water partition coefficient (Wildman–Crippen LogP) is 2.38. The van der Waals surface area contributed by atoms with Crippen molar-refractivity contribution >= 4 is 34.5 Å². The van der Waals surface area contributed by atoms with Gasteiger partial charge in [-0.1, -0.05) is 13.0 Å². The highest BCUT2D eigenvalue weighted by molar-refractivity contribution is 5.95. The lowest BCUT2D eigenvalue weighted by Gasteiger charge is -2.36. The summed E-state index contributed by atoms with van der Waals surface area (Å²) in [5.41, 5.74) is 0.267. The number of aryl methyl sites for hydroxylation is 2. The lowest BCUT2D eigenvalue weighted by atomic mass is 10.1. The lowest BCUT2D eigenvalue weighted by molar-refractivity contribution is -0.141. The molecular formula is C31H33F3N10O5. The molecule has 1 fully saturated rings. The second-order valence-corrected chi connectivity index (χ2v) is 11.6. The van der Waals surface area contributed by atoms with Crippen LogP contribution in [0.2, 0.25) is 0 Å². The summed E-state index contributed by atoms with van der Waals surface area (Å²) in [4.78, 5) is 60.3. The fourth-order valence-corrected chi connectivity index (χ4v) is 5.89. The third-order valence-corrected chi connectivity index (χ3v) is 8.45. The van der Waals surface area contributed by atoms with Gasteiger partial charge in [0.15, 0.2) is 17.3 Å². The molecule has 0 radical (unpaired) electrons. The maximum Gasteiger partial charge on any atom is 0.433 e. The molecule has 2 aliphatic rings. The van der Waals surface area contributed by atoms with Crippen LogP contribution in [0.5, 0.6) is 5.75 Å². The van der Waals surface area contributed by atoms with E-state index in [4.69, 9.17) is 4.74 Å². The number of ether oxygens (including phenoxy) is 1. The lowest BCUT2D eigenvalue weighted by Crippen LogP contribution is -2.51. The SMILES string of the molecule is CCc1c(N2CCN(C(=O)c3ncnc(C)c3O)CC2)c(=O)n2nc(C3=CCOCC3)nc2n1CC(=O)Nc1ccc(C(F)(F)F)nc1C. The largest absolute Gasteiger partial charge is 0.504 e. The first-order valence-corrected chi connectivity index (χ1v) is 15.6. The number of aromatic nitrogens is 7. The van der Waals surface area contributed by atoms with Gasteiger partial charge in [-0.25, -0.2) is 15.0 Å². The molecule has 0 saturated carbocycles. The second-order valence-electron chi connectivity index (χ2n) is 11.6. The van der Waals surface area contributed by atoms with E-state index in [2.05, 4.69) is 30.4 Å². The van der Waals surface area contributed by atoms with Gasteiger partial charge < -0.3 is 29.5 Å². The van der Waals surface area contributed by atoms with Crippen molar-refractivity contribution in [3.63, 3.8) is 0 Å². The second kappa shape index (κ2) is 13.3. The first kappa shape index (κ1) is 33.5. The molecule has 2 N–H and O–H groups in total. The quantitative estimate of drug-likeness (QED) is 0.293. The molecule has 49 heavy (non-hydrogen) atoms. The summed E-state index contributed by atoms with van der Waals surface area (Å²) < 4.78 is 47.6. The van der Waals surface area contributed by atoms with Crippen molar-refractivity contribution in [2.75, 3.05) is 49.6 Å². The monoisotopic (exact) mass is 682 g/mol. The van der Waals surface area contributed by atoms with E-state index in [9.17, 15) is 32.7 Å². The number of hydrogen-bond donors (Lipinski definition) is 2. The summed E-state index contributed by atoms with van der Waals surface area (Å²) in [7, 11) is 0. The number of carbonyl (C=O) groups is 2. The fraction of sp³-hybridized carbons (Fsp3) is 0.419. The third kappa shape index (κ3) is 6.55. The smallest absolute Gasteiger partial charge is 0.433 e. The average Bonchev–Trinajstić information content (AvgIpc) is 3.54. The Morgan fingerprint density at radius 1 is 1.06 bits per heavy atom. The Kier molecular flexibility index (Phi) is 9.06. The number of aromatic hydroxyl groups is 1.